The molecule has 1 unspecified atom stereocenters. The van der Waals surface area contributed by atoms with E-state index in [2.05, 4.69) is 6.07 Å². The van der Waals surface area contributed by atoms with Crippen LogP contribution in [0.2, 0.25) is 0 Å². The Kier molecular flexibility index (Phi) is 5.53. The SMILES string of the molecule is N#CC1(C(OC(N)=O)c2ccc(-c3ccc(C(=O)N4CCCC4)cc3)cc2[N+](=O)[O-])CC1. The Morgan fingerprint density at radius 3 is 2.28 bits per heavy atom. The molecule has 9 heteroatoms. The van der Waals surface area contributed by atoms with Gasteiger partial charge in [-0.05, 0) is 55.0 Å². The smallest absolute Gasteiger partial charge is 0.405 e. The number of amides is 2. The summed E-state index contributed by atoms with van der Waals surface area (Å²) in [5, 5.41) is 21.4. The summed E-state index contributed by atoms with van der Waals surface area (Å²) in [4.78, 5) is 37.0. The van der Waals surface area contributed by atoms with Gasteiger partial charge in [0.2, 0.25) is 0 Å². The zero-order chi connectivity index (χ0) is 22.9. The van der Waals surface area contributed by atoms with Gasteiger partial charge >= 0.3 is 6.09 Å². The summed E-state index contributed by atoms with van der Waals surface area (Å²) in [5.74, 6) is -0.0203. The Hall–Kier alpha value is -3.93. The Morgan fingerprint density at radius 2 is 1.75 bits per heavy atom. The highest BCUT2D eigenvalue weighted by molar-refractivity contribution is 5.95. The maximum atomic E-state index is 12.5. The standard InChI is InChI=1S/C23H22N4O5/c24-14-23(9-10-23)20(32-22(25)29)18-8-7-17(13-19(18)27(30)31)15-3-5-16(6-4-15)21(28)26-11-1-2-12-26/h3-8,13,20H,1-2,9-12H2,(H2,25,29). The number of primary amides is 1. The van der Waals surface area contributed by atoms with E-state index in [4.69, 9.17) is 10.5 Å². The van der Waals surface area contributed by atoms with E-state index in [1.165, 1.54) is 12.1 Å². The second kappa shape index (κ2) is 8.30. The Bertz CT molecular complexity index is 1110. The molecule has 0 aromatic heterocycles. The monoisotopic (exact) mass is 434 g/mol. The number of carbonyl (C=O) groups is 2. The second-order valence-electron chi connectivity index (χ2n) is 8.19. The number of nitrogens with zero attached hydrogens (tertiary/aromatic N) is 3. The first-order valence-corrected chi connectivity index (χ1v) is 10.4. The fourth-order valence-corrected chi connectivity index (χ4v) is 4.17. The van der Waals surface area contributed by atoms with Crippen molar-refractivity contribution in [2.45, 2.75) is 31.8 Å². The summed E-state index contributed by atoms with van der Waals surface area (Å²) in [7, 11) is 0. The van der Waals surface area contributed by atoms with Crippen LogP contribution in [0.5, 0.6) is 0 Å². The first-order valence-electron chi connectivity index (χ1n) is 10.4. The largest absolute Gasteiger partial charge is 0.440 e. The summed E-state index contributed by atoms with van der Waals surface area (Å²) >= 11 is 0. The molecule has 1 aliphatic heterocycles. The van der Waals surface area contributed by atoms with Gasteiger partial charge in [0.25, 0.3) is 11.6 Å². The molecule has 1 atom stereocenters. The maximum absolute atomic E-state index is 12.5. The van der Waals surface area contributed by atoms with Crippen LogP contribution < -0.4 is 5.73 Å². The predicted octanol–water partition coefficient (Wildman–Crippen LogP) is 3.94. The Labute approximate surface area is 184 Å². The number of likely N-dealkylation sites (tertiary alicyclic amines) is 1. The summed E-state index contributed by atoms with van der Waals surface area (Å²) in [6, 6.07) is 13.6. The molecule has 1 saturated carbocycles. The minimum atomic E-state index is -1.11. The van der Waals surface area contributed by atoms with Crippen molar-refractivity contribution >= 4 is 17.7 Å². The number of nitrogens with two attached hydrogens (primary N) is 1. The molecule has 32 heavy (non-hydrogen) atoms. The highest BCUT2D eigenvalue weighted by Crippen LogP contribution is 2.57. The first-order chi connectivity index (χ1) is 15.3. The van der Waals surface area contributed by atoms with E-state index in [9.17, 15) is 25.0 Å². The van der Waals surface area contributed by atoms with E-state index >= 15 is 0 Å². The van der Waals surface area contributed by atoms with Crippen LogP contribution in [-0.4, -0.2) is 34.9 Å². The fraction of sp³-hybridized carbons (Fsp3) is 0.348. The fourth-order valence-electron chi connectivity index (χ4n) is 4.17. The zero-order valence-corrected chi connectivity index (χ0v) is 17.3. The zero-order valence-electron chi connectivity index (χ0n) is 17.3. The number of rotatable bonds is 6. The van der Waals surface area contributed by atoms with E-state index in [0.717, 1.165) is 25.9 Å². The van der Waals surface area contributed by atoms with Gasteiger partial charge in [0, 0.05) is 24.7 Å². The lowest BCUT2D eigenvalue weighted by Gasteiger charge is -2.21. The summed E-state index contributed by atoms with van der Waals surface area (Å²) < 4.78 is 5.15. The van der Waals surface area contributed by atoms with Gasteiger partial charge in [-0.25, -0.2) is 4.79 Å². The lowest BCUT2D eigenvalue weighted by atomic mass is 9.91. The molecule has 1 saturated heterocycles. The molecule has 0 radical (unpaired) electrons. The van der Waals surface area contributed by atoms with Crippen molar-refractivity contribution in [2.75, 3.05) is 13.1 Å². The number of nitro groups is 1. The van der Waals surface area contributed by atoms with Crippen molar-refractivity contribution in [3.8, 4) is 17.2 Å². The predicted molar refractivity (Wildman–Crippen MR) is 114 cm³/mol. The van der Waals surface area contributed by atoms with E-state index in [0.29, 0.717) is 29.5 Å². The van der Waals surface area contributed by atoms with Crippen LogP contribution in [-0.2, 0) is 4.74 Å². The highest BCUT2D eigenvalue weighted by Gasteiger charge is 2.54. The van der Waals surface area contributed by atoms with Crippen molar-refractivity contribution in [1.82, 2.24) is 4.90 Å². The molecule has 164 valence electrons. The molecule has 1 heterocycles. The summed E-state index contributed by atoms with van der Waals surface area (Å²) in [6.45, 7) is 1.51. The Morgan fingerprint density at radius 1 is 1.12 bits per heavy atom. The van der Waals surface area contributed by atoms with Crippen molar-refractivity contribution in [2.24, 2.45) is 11.1 Å². The van der Waals surface area contributed by atoms with Crippen LogP contribution in [0.3, 0.4) is 0 Å². The molecular weight excluding hydrogens is 412 g/mol. The molecule has 2 N–H and O–H groups in total. The topological polar surface area (TPSA) is 140 Å². The number of nitro benzene ring substituents is 1. The average Bonchev–Trinajstić information content (AvgIpc) is 3.40. The number of ether oxygens (including phenoxy) is 1. The van der Waals surface area contributed by atoms with Crippen LogP contribution in [0.25, 0.3) is 11.1 Å². The molecule has 2 aliphatic rings. The third-order valence-electron chi connectivity index (χ3n) is 6.12. The van der Waals surface area contributed by atoms with E-state index in [1.807, 2.05) is 4.90 Å². The third-order valence-corrected chi connectivity index (χ3v) is 6.12. The molecule has 2 amide bonds. The number of carbonyl (C=O) groups excluding carboxylic acids is 2. The van der Waals surface area contributed by atoms with Crippen molar-refractivity contribution in [3.05, 3.63) is 63.7 Å². The number of hydrogen-bond acceptors (Lipinski definition) is 6. The lowest BCUT2D eigenvalue weighted by Crippen LogP contribution is -2.27. The van der Waals surface area contributed by atoms with E-state index in [1.54, 1.807) is 30.3 Å². The van der Waals surface area contributed by atoms with E-state index < -0.39 is 22.5 Å². The van der Waals surface area contributed by atoms with E-state index in [-0.39, 0.29) is 17.2 Å². The van der Waals surface area contributed by atoms with Gasteiger partial charge in [-0.1, -0.05) is 18.2 Å². The van der Waals surface area contributed by atoms with Crippen molar-refractivity contribution < 1.29 is 19.2 Å². The molecule has 0 spiro atoms. The molecule has 1 aliphatic carbocycles. The molecular formula is C23H22N4O5. The molecule has 0 bridgehead atoms. The van der Waals surface area contributed by atoms with Crippen LogP contribution >= 0.6 is 0 Å². The molecule has 4 rings (SSSR count). The minimum absolute atomic E-state index is 0.0203. The second-order valence-corrected chi connectivity index (χ2v) is 8.19. The van der Waals surface area contributed by atoms with Gasteiger partial charge in [0.1, 0.15) is 0 Å². The van der Waals surface area contributed by atoms with Crippen LogP contribution in [0.4, 0.5) is 10.5 Å². The van der Waals surface area contributed by atoms with Crippen LogP contribution in [0.15, 0.2) is 42.5 Å². The molecule has 2 aromatic rings. The van der Waals surface area contributed by atoms with Crippen LogP contribution in [0, 0.1) is 26.9 Å². The third kappa shape index (κ3) is 3.99. The van der Waals surface area contributed by atoms with Crippen molar-refractivity contribution in [1.29, 1.82) is 5.26 Å². The number of benzene rings is 2. The van der Waals surface area contributed by atoms with Gasteiger partial charge < -0.3 is 15.4 Å². The average molecular weight is 434 g/mol. The van der Waals surface area contributed by atoms with Gasteiger partial charge in [-0.3, -0.25) is 14.9 Å². The summed E-state index contributed by atoms with van der Waals surface area (Å²) in [6.07, 6.45) is 0.744. The molecule has 2 fully saturated rings. The highest BCUT2D eigenvalue weighted by atomic mass is 16.6. The molecule has 9 nitrogen and oxygen atoms in total. The lowest BCUT2D eigenvalue weighted by molar-refractivity contribution is -0.386. The number of nitriles is 1. The number of hydrogen-bond donors (Lipinski definition) is 1. The van der Waals surface area contributed by atoms with Crippen LogP contribution in [0.1, 0.15) is 47.7 Å². The quantitative estimate of drug-likeness (QED) is 0.539. The Balaban J connectivity index is 1.66. The molecule has 2 aromatic carbocycles. The van der Waals surface area contributed by atoms with Gasteiger partial charge in [0.15, 0.2) is 6.10 Å². The van der Waals surface area contributed by atoms with Gasteiger partial charge in [0.05, 0.1) is 22.0 Å². The maximum Gasteiger partial charge on any atom is 0.405 e. The normalized spacial score (nSPS) is 17.3. The minimum Gasteiger partial charge on any atom is -0.440 e. The van der Waals surface area contributed by atoms with Crippen molar-refractivity contribution in [3.63, 3.8) is 0 Å². The van der Waals surface area contributed by atoms with Gasteiger partial charge in [-0.2, -0.15) is 5.26 Å². The first kappa shape index (κ1) is 21.3. The van der Waals surface area contributed by atoms with Gasteiger partial charge in [-0.15, -0.1) is 0 Å². The summed E-state index contributed by atoms with van der Waals surface area (Å²) in [5.41, 5.74) is 5.89.